The van der Waals surface area contributed by atoms with Crippen LogP contribution in [-0.4, -0.2) is 43.8 Å². The molecule has 0 unspecified atom stereocenters. The number of rotatable bonds is 6. The number of nitrogens with one attached hydrogen (secondary N) is 3. The van der Waals surface area contributed by atoms with Crippen LogP contribution in [0.3, 0.4) is 0 Å². The Hall–Kier alpha value is -3.91. The normalized spacial score (nSPS) is 10.3. The van der Waals surface area contributed by atoms with Gasteiger partial charge in [0, 0.05) is 30.4 Å². The first-order valence-electron chi connectivity index (χ1n) is 9.81. The zero-order valence-corrected chi connectivity index (χ0v) is 19.0. The number of ether oxygens (including phenoxy) is 1. The van der Waals surface area contributed by atoms with E-state index in [1.807, 2.05) is 0 Å². The SMILES string of the molecule is COc1ccc(NC(=O)c2ccc(C(=N)N(C)C)cc2F)c(C(=O)Nc2ccc(Cl)cc2)c1. The monoisotopic (exact) mass is 468 g/mol. The topological polar surface area (TPSA) is 94.5 Å². The van der Waals surface area contributed by atoms with Gasteiger partial charge in [0.15, 0.2) is 0 Å². The van der Waals surface area contributed by atoms with Gasteiger partial charge in [-0.3, -0.25) is 15.0 Å². The lowest BCUT2D eigenvalue weighted by molar-refractivity contribution is 0.102. The van der Waals surface area contributed by atoms with Gasteiger partial charge in [-0.1, -0.05) is 17.7 Å². The molecule has 0 aromatic heterocycles. The molecule has 0 saturated carbocycles. The van der Waals surface area contributed by atoms with Crippen LogP contribution in [0.15, 0.2) is 60.7 Å². The Balaban J connectivity index is 1.87. The predicted molar refractivity (Wildman–Crippen MR) is 127 cm³/mol. The van der Waals surface area contributed by atoms with E-state index in [-0.39, 0.29) is 22.6 Å². The zero-order chi connectivity index (χ0) is 24.1. The average Bonchev–Trinajstić information content (AvgIpc) is 2.79. The van der Waals surface area contributed by atoms with Crippen molar-refractivity contribution in [3.8, 4) is 5.75 Å². The number of methoxy groups -OCH3 is 1. The molecule has 3 aromatic rings. The van der Waals surface area contributed by atoms with Crippen LogP contribution in [0, 0.1) is 11.2 Å². The second-order valence-corrected chi connectivity index (χ2v) is 7.70. The number of halogens is 2. The zero-order valence-electron chi connectivity index (χ0n) is 18.2. The molecule has 0 saturated heterocycles. The van der Waals surface area contributed by atoms with Crippen LogP contribution in [-0.2, 0) is 0 Å². The summed E-state index contributed by atoms with van der Waals surface area (Å²) in [5, 5.41) is 13.8. The molecule has 9 heteroatoms. The molecule has 3 N–H and O–H groups in total. The van der Waals surface area contributed by atoms with Crippen LogP contribution in [0.25, 0.3) is 0 Å². The van der Waals surface area contributed by atoms with Crippen molar-refractivity contribution in [3.05, 3.63) is 88.2 Å². The van der Waals surface area contributed by atoms with E-state index >= 15 is 0 Å². The van der Waals surface area contributed by atoms with Crippen LogP contribution < -0.4 is 15.4 Å². The average molecular weight is 469 g/mol. The molecule has 3 rings (SSSR count). The molecule has 3 aromatic carbocycles. The minimum Gasteiger partial charge on any atom is -0.497 e. The first-order chi connectivity index (χ1) is 15.7. The summed E-state index contributed by atoms with van der Waals surface area (Å²) in [7, 11) is 4.79. The quantitative estimate of drug-likeness (QED) is 0.355. The van der Waals surface area contributed by atoms with Gasteiger partial charge in [-0.2, -0.15) is 0 Å². The summed E-state index contributed by atoms with van der Waals surface area (Å²) in [6.07, 6.45) is 0. The van der Waals surface area contributed by atoms with Crippen molar-refractivity contribution >= 4 is 40.6 Å². The van der Waals surface area contributed by atoms with E-state index in [0.29, 0.717) is 22.0 Å². The third-order valence-electron chi connectivity index (χ3n) is 4.76. The fourth-order valence-electron chi connectivity index (χ4n) is 2.97. The van der Waals surface area contributed by atoms with Crippen LogP contribution >= 0.6 is 11.6 Å². The number of amidine groups is 1. The number of nitrogens with zero attached hydrogens (tertiary/aromatic N) is 1. The van der Waals surface area contributed by atoms with Crippen LogP contribution in [0.4, 0.5) is 15.8 Å². The molecule has 0 aliphatic carbocycles. The lowest BCUT2D eigenvalue weighted by Crippen LogP contribution is -2.23. The summed E-state index contributed by atoms with van der Waals surface area (Å²) in [5.74, 6) is -1.50. The molecule has 0 spiro atoms. The van der Waals surface area contributed by atoms with Crippen LogP contribution in [0.2, 0.25) is 5.02 Å². The second kappa shape index (κ2) is 10.1. The molecule has 0 aliphatic rings. The van der Waals surface area contributed by atoms with Crippen LogP contribution in [0.1, 0.15) is 26.3 Å². The van der Waals surface area contributed by atoms with Gasteiger partial charge in [0.05, 0.1) is 23.9 Å². The van der Waals surface area contributed by atoms with E-state index in [9.17, 15) is 14.0 Å². The Morgan fingerprint density at radius 3 is 2.21 bits per heavy atom. The number of hydrogen-bond acceptors (Lipinski definition) is 4. The third-order valence-corrected chi connectivity index (χ3v) is 5.01. The number of carbonyl (C=O) groups excluding carboxylic acids is 2. The molecule has 2 amide bonds. The molecular formula is C24H22ClFN4O3. The van der Waals surface area contributed by atoms with Crippen molar-refractivity contribution in [2.45, 2.75) is 0 Å². The van der Waals surface area contributed by atoms with E-state index in [4.69, 9.17) is 21.7 Å². The maximum Gasteiger partial charge on any atom is 0.258 e. The van der Waals surface area contributed by atoms with E-state index in [2.05, 4.69) is 10.6 Å². The predicted octanol–water partition coefficient (Wildman–Crippen LogP) is 4.88. The Morgan fingerprint density at radius 1 is 0.939 bits per heavy atom. The number of amides is 2. The molecule has 7 nitrogen and oxygen atoms in total. The van der Waals surface area contributed by atoms with Gasteiger partial charge in [-0.15, -0.1) is 0 Å². The Morgan fingerprint density at radius 2 is 1.61 bits per heavy atom. The summed E-state index contributed by atoms with van der Waals surface area (Å²) in [4.78, 5) is 27.2. The highest BCUT2D eigenvalue weighted by molar-refractivity contribution is 6.30. The number of hydrogen-bond donors (Lipinski definition) is 3. The fourth-order valence-corrected chi connectivity index (χ4v) is 3.10. The highest BCUT2D eigenvalue weighted by Crippen LogP contribution is 2.25. The van der Waals surface area contributed by atoms with E-state index in [0.717, 1.165) is 6.07 Å². The minimum absolute atomic E-state index is 0.108. The lowest BCUT2D eigenvalue weighted by atomic mass is 10.1. The molecule has 0 heterocycles. The summed E-state index contributed by atoms with van der Waals surface area (Å²) < 4.78 is 19.8. The first-order valence-corrected chi connectivity index (χ1v) is 10.2. The highest BCUT2D eigenvalue weighted by Gasteiger charge is 2.19. The Kier molecular flexibility index (Phi) is 7.30. The van der Waals surface area contributed by atoms with Gasteiger partial charge in [0.25, 0.3) is 11.8 Å². The standard InChI is InChI=1S/C24H22ClFN4O3/c1-30(2)22(27)14-4-10-18(20(26)12-14)23(31)29-21-11-9-17(33-3)13-19(21)24(32)28-16-7-5-15(25)6-8-16/h4-13,27H,1-3H3,(H,28,32)(H,29,31). The van der Waals surface area contributed by atoms with Crippen molar-refractivity contribution in [1.82, 2.24) is 4.90 Å². The highest BCUT2D eigenvalue weighted by atomic mass is 35.5. The van der Waals surface area contributed by atoms with E-state index in [1.165, 1.54) is 36.3 Å². The maximum atomic E-state index is 14.6. The van der Waals surface area contributed by atoms with Gasteiger partial charge in [0.2, 0.25) is 0 Å². The molecule has 33 heavy (non-hydrogen) atoms. The molecule has 0 radical (unpaired) electrons. The second-order valence-electron chi connectivity index (χ2n) is 7.26. The van der Waals surface area contributed by atoms with Gasteiger partial charge in [0.1, 0.15) is 17.4 Å². The molecule has 170 valence electrons. The summed E-state index contributed by atoms with van der Waals surface area (Å²) >= 11 is 5.88. The Labute approximate surface area is 195 Å². The molecular weight excluding hydrogens is 447 g/mol. The Bertz CT molecular complexity index is 1210. The van der Waals surface area contributed by atoms with E-state index < -0.39 is 17.6 Å². The van der Waals surface area contributed by atoms with Crippen LogP contribution in [0.5, 0.6) is 5.75 Å². The third kappa shape index (κ3) is 5.67. The number of anilines is 2. The molecule has 0 atom stereocenters. The molecule has 0 fully saturated rings. The largest absolute Gasteiger partial charge is 0.497 e. The number of benzene rings is 3. The summed E-state index contributed by atoms with van der Waals surface area (Å²) in [6, 6.07) is 15.0. The van der Waals surface area contributed by atoms with Crippen molar-refractivity contribution in [3.63, 3.8) is 0 Å². The minimum atomic E-state index is -0.780. The van der Waals surface area contributed by atoms with Gasteiger partial charge < -0.3 is 20.3 Å². The van der Waals surface area contributed by atoms with Crippen molar-refractivity contribution in [2.75, 3.05) is 31.8 Å². The van der Waals surface area contributed by atoms with Crippen molar-refractivity contribution < 1.29 is 18.7 Å². The van der Waals surface area contributed by atoms with E-state index in [1.54, 1.807) is 44.4 Å². The van der Waals surface area contributed by atoms with Crippen molar-refractivity contribution in [2.24, 2.45) is 0 Å². The smallest absolute Gasteiger partial charge is 0.258 e. The number of carbonyl (C=O) groups is 2. The van der Waals surface area contributed by atoms with Gasteiger partial charge in [-0.25, -0.2) is 4.39 Å². The fraction of sp³-hybridized carbons (Fsp3) is 0.125. The summed E-state index contributed by atoms with van der Waals surface area (Å²) in [6.45, 7) is 0. The van der Waals surface area contributed by atoms with Gasteiger partial charge in [-0.05, 0) is 54.6 Å². The van der Waals surface area contributed by atoms with Crippen molar-refractivity contribution in [1.29, 1.82) is 5.41 Å². The first kappa shape index (κ1) is 23.7. The molecule has 0 aliphatic heterocycles. The molecule has 0 bridgehead atoms. The van der Waals surface area contributed by atoms with Gasteiger partial charge >= 0.3 is 0 Å². The summed E-state index contributed by atoms with van der Waals surface area (Å²) in [5.41, 5.74) is 0.932. The lowest BCUT2D eigenvalue weighted by Gasteiger charge is -2.15. The maximum absolute atomic E-state index is 14.6.